The number of rotatable bonds is 7. The molecule has 3 nitrogen and oxygen atoms in total. The summed E-state index contributed by atoms with van der Waals surface area (Å²) < 4.78 is 4.66. The second kappa shape index (κ2) is 8.86. The first-order valence-electron chi connectivity index (χ1n) is 4.66. The molecule has 0 saturated carbocycles. The highest BCUT2D eigenvalue weighted by Gasteiger charge is 2.08. The fraction of sp³-hybridized carbons (Fsp3) is 0.700. The highest BCUT2D eigenvalue weighted by molar-refractivity contribution is 6.61. The average molecular weight is 218 g/mol. The lowest BCUT2D eigenvalue weighted by molar-refractivity contribution is 0.150. The van der Waals surface area contributed by atoms with Crippen molar-refractivity contribution in [3.05, 3.63) is 0 Å². The summed E-state index contributed by atoms with van der Waals surface area (Å²) in [5.74, 6) is 2.76. The maximum Gasteiger partial charge on any atom is 0.403 e. The topological polar surface area (TPSA) is 52.3 Å². The molecule has 2 N–H and O–H groups in total. The van der Waals surface area contributed by atoms with Crippen molar-refractivity contribution in [2.24, 2.45) is 11.7 Å². The first-order valence-corrected chi connectivity index (χ1v) is 5.04. The molecule has 0 spiro atoms. The maximum absolute atomic E-state index is 10.3. The van der Waals surface area contributed by atoms with Crippen LogP contribution in [-0.4, -0.2) is 18.6 Å². The Morgan fingerprint density at radius 2 is 2.29 bits per heavy atom. The Hall–Kier alpha value is -0.720. The summed E-state index contributed by atoms with van der Waals surface area (Å²) in [6.45, 7) is 0.801. The molecular formula is C10H16ClNO2. The monoisotopic (exact) mass is 217 g/mol. The molecule has 0 aromatic heterocycles. The summed E-state index contributed by atoms with van der Waals surface area (Å²) in [5.41, 5.74) is 4.73. The molecule has 0 radical (unpaired) electrons. The lowest BCUT2D eigenvalue weighted by Gasteiger charge is -2.12. The predicted octanol–water partition coefficient (Wildman–Crippen LogP) is 2.13. The number of unbranched alkanes of at least 4 members (excludes halogenated alkanes) is 2. The molecule has 0 aromatic carbocycles. The summed E-state index contributed by atoms with van der Waals surface area (Å²) >= 11 is 5.03. The van der Waals surface area contributed by atoms with Gasteiger partial charge in [-0.15, -0.1) is 12.3 Å². The lowest BCUT2D eigenvalue weighted by atomic mass is 10.0. The molecule has 0 aliphatic rings. The lowest BCUT2D eigenvalue weighted by Crippen LogP contribution is -2.20. The minimum atomic E-state index is -0.771. The van der Waals surface area contributed by atoms with Crippen LogP contribution in [0.4, 0.5) is 4.79 Å². The molecule has 0 aromatic rings. The van der Waals surface area contributed by atoms with Gasteiger partial charge in [-0.2, -0.15) is 0 Å². The van der Waals surface area contributed by atoms with E-state index in [1.165, 1.54) is 0 Å². The minimum absolute atomic E-state index is 0.190. The second-order valence-corrected chi connectivity index (χ2v) is 3.41. The van der Waals surface area contributed by atoms with Crippen LogP contribution in [0.25, 0.3) is 0 Å². The molecule has 0 amide bonds. The van der Waals surface area contributed by atoms with Crippen LogP contribution in [-0.2, 0) is 4.74 Å². The average Bonchev–Trinajstić information content (AvgIpc) is 2.16. The first-order chi connectivity index (χ1) is 6.70. The molecule has 0 heterocycles. The zero-order valence-electron chi connectivity index (χ0n) is 8.17. The van der Waals surface area contributed by atoms with Gasteiger partial charge in [-0.05, 0) is 19.4 Å². The standard InChI is InChI=1S/C10H16ClNO2/c1-2-3-4-5-6-9(7-12)8-14-10(11)13/h1,9H,3-8,12H2. The number of ether oxygens (including phenoxy) is 1. The highest BCUT2D eigenvalue weighted by Crippen LogP contribution is 2.09. The SMILES string of the molecule is C#CCCCCC(CN)COC(=O)Cl. The van der Waals surface area contributed by atoms with Crippen molar-refractivity contribution in [1.82, 2.24) is 0 Å². The maximum atomic E-state index is 10.3. The Morgan fingerprint density at radius 1 is 1.57 bits per heavy atom. The van der Waals surface area contributed by atoms with Gasteiger partial charge in [0.2, 0.25) is 0 Å². The van der Waals surface area contributed by atoms with Crippen molar-refractivity contribution in [2.75, 3.05) is 13.2 Å². The number of carbonyl (C=O) groups excluding carboxylic acids is 1. The smallest absolute Gasteiger partial charge is 0.403 e. The van der Waals surface area contributed by atoms with Crippen LogP contribution in [0.2, 0.25) is 0 Å². The minimum Gasteiger partial charge on any atom is -0.453 e. The van der Waals surface area contributed by atoms with Gasteiger partial charge in [-0.1, -0.05) is 6.42 Å². The molecular weight excluding hydrogens is 202 g/mol. The quantitative estimate of drug-likeness (QED) is 0.404. The van der Waals surface area contributed by atoms with Crippen molar-refractivity contribution in [2.45, 2.75) is 25.7 Å². The summed E-state index contributed by atoms with van der Waals surface area (Å²) in [5, 5.41) is 0. The Labute approximate surface area is 89.9 Å². The van der Waals surface area contributed by atoms with E-state index in [-0.39, 0.29) is 5.92 Å². The van der Waals surface area contributed by atoms with E-state index in [0.29, 0.717) is 13.2 Å². The Bertz CT molecular complexity index is 201. The number of carbonyl (C=O) groups is 1. The van der Waals surface area contributed by atoms with Gasteiger partial charge in [0.05, 0.1) is 6.61 Å². The summed E-state index contributed by atoms with van der Waals surface area (Å²) in [4.78, 5) is 10.3. The molecule has 80 valence electrons. The number of hydrogen-bond donors (Lipinski definition) is 1. The van der Waals surface area contributed by atoms with Gasteiger partial charge in [0.15, 0.2) is 0 Å². The van der Waals surface area contributed by atoms with Crippen molar-refractivity contribution >= 4 is 17.0 Å². The Morgan fingerprint density at radius 3 is 2.79 bits per heavy atom. The van der Waals surface area contributed by atoms with E-state index in [1.807, 2.05) is 0 Å². The van der Waals surface area contributed by atoms with Crippen molar-refractivity contribution in [3.63, 3.8) is 0 Å². The fourth-order valence-corrected chi connectivity index (χ4v) is 1.18. The molecule has 0 aliphatic heterocycles. The van der Waals surface area contributed by atoms with Crippen molar-refractivity contribution in [1.29, 1.82) is 0 Å². The van der Waals surface area contributed by atoms with Crippen molar-refractivity contribution in [3.8, 4) is 12.3 Å². The second-order valence-electron chi connectivity index (χ2n) is 3.10. The number of terminal acetylenes is 1. The largest absolute Gasteiger partial charge is 0.453 e. The van der Waals surface area contributed by atoms with E-state index in [4.69, 9.17) is 23.8 Å². The zero-order chi connectivity index (χ0) is 10.8. The zero-order valence-corrected chi connectivity index (χ0v) is 8.93. The van der Waals surface area contributed by atoms with Gasteiger partial charge in [-0.25, -0.2) is 4.79 Å². The van der Waals surface area contributed by atoms with Crippen LogP contribution in [0.1, 0.15) is 25.7 Å². The van der Waals surface area contributed by atoms with Crippen molar-refractivity contribution < 1.29 is 9.53 Å². The first kappa shape index (κ1) is 13.3. The fourth-order valence-electron chi connectivity index (χ4n) is 1.11. The third-order valence-corrected chi connectivity index (χ3v) is 2.06. The van der Waals surface area contributed by atoms with Crippen LogP contribution in [0, 0.1) is 18.3 Å². The molecule has 0 rings (SSSR count). The molecule has 0 aliphatic carbocycles. The summed E-state index contributed by atoms with van der Waals surface area (Å²) in [7, 11) is 0. The summed E-state index contributed by atoms with van der Waals surface area (Å²) in [6.07, 6.45) is 8.81. The van der Waals surface area contributed by atoms with E-state index >= 15 is 0 Å². The molecule has 1 unspecified atom stereocenters. The van der Waals surface area contributed by atoms with E-state index in [2.05, 4.69) is 10.7 Å². The van der Waals surface area contributed by atoms with Crippen LogP contribution in [0.15, 0.2) is 0 Å². The van der Waals surface area contributed by atoms with E-state index in [9.17, 15) is 4.79 Å². The van der Waals surface area contributed by atoms with Gasteiger partial charge in [0.1, 0.15) is 0 Å². The van der Waals surface area contributed by atoms with Crippen LogP contribution >= 0.6 is 11.6 Å². The molecule has 0 fully saturated rings. The van der Waals surface area contributed by atoms with Gasteiger partial charge in [0, 0.05) is 23.9 Å². The Balaban J connectivity index is 3.48. The van der Waals surface area contributed by atoms with Crippen LogP contribution in [0.5, 0.6) is 0 Å². The predicted molar refractivity (Wildman–Crippen MR) is 57.0 cm³/mol. The van der Waals surface area contributed by atoms with Crippen LogP contribution < -0.4 is 5.73 Å². The summed E-state index contributed by atoms with van der Waals surface area (Å²) in [6, 6.07) is 0. The van der Waals surface area contributed by atoms with Crippen LogP contribution in [0.3, 0.4) is 0 Å². The van der Waals surface area contributed by atoms with E-state index in [1.54, 1.807) is 0 Å². The van der Waals surface area contributed by atoms with Gasteiger partial charge >= 0.3 is 5.43 Å². The molecule has 1 atom stereocenters. The Kier molecular flexibility index (Phi) is 8.40. The number of hydrogen-bond acceptors (Lipinski definition) is 3. The molecule has 0 bridgehead atoms. The van der Waals surface area contributed by atoms with Gasteiger partial charge < -0.3 is 10.5 Å². The van der Waals surface area contributed by atoms with E-state index in [0.717, 1.165) is 25.7 Å². The van der Waals surface area contributed by atoms with Gasteiger partial charge in [0.25, 0.3) is 0 Å². The third kappa shape index (κ3) is 7.90. The molecule has 0 saturated heterocycles. The number of halogens is 1. The van der Waals surface area contributed by atoms with Gasteiger partial charge in [-0.3, -0.25) is 0 Å². The highest BCUT2D eigenvalue weighted by atomic mass is 35.5. The molecule has 14 heavy (non-hydrogen) atoms. The number of nitrogens with two attached hydrogens (primary N) is 1. The normalized spacial score (nSPS) is 11.8. The molecule has 4 heteroatoms. The third-order valence-electron chi connectivity index (χ3n) is 1.95. The van der Waals surface area contributed by atoms with E-state index < -0.39 is 5.43 Å².